The molecule has 5 heteroatoms. The number of benzene rings is 1. The third-order valence-electron chi connectivity index (χ3n) is 5.26. The van der Waals surface area contributed by atoms with Crippen molar-refractivity contribution in [2.24, 2.45) is 0 Å². The summed E-state index contributed by atoms with van der Waals surface area (Å²) in [5.41, 5.74) is 4.19. The van der Waals surface area contributed by atoms with Crippen molar-refractivity contribution in [1.29, 1.82) is 0 Å². The number of piperidine rings is 1. The van der Waals surface area contributed by atoms with Gasteiger partial charge in [-0.05, 0) is 62.4 Å². The van der Waals surface area contributed by atoms with Crippen LogP contribution in [-0.4, -0.2) is 28.0 Å². The van der Waals surface area contributed by atoms with Gasteiger partial charge in [0.1, 0.15) is 17.5 Å². The standard InChI is InChI=1S/C23H25FN4/c1-16-11-23(27-17(2)26-16)28-10-4-6-20(15-28)22-9-8-19(14-25-22)12-18-5-3-7-21(24)13-18/h3,5,7-9,11,13-14,20H,4,6,10,12,15H2,1-2H3/t20-/m0/s1. The fourth-order valence-corrected chi connectivity index (χ4v) is 3.95. The van der Waals surface area contributed by atoms with E-state index in [0.29, 0.717) is 12.3 Å². The molecule has 144 valence electrons. The number of hydrogen-bond acceptors (Lipinski definition) is 4. The molecular weight excluding hydrogens is 351 g/mol. The molecule has 0 saturated carbocycles. The minimum atomic E-state index is -0.195. The van der Waals surface area contributed by atoms with Crippen molar-refractivity contribution in [3.8, 4) is 0 Å². The zero-order valence-electron chi connectivity index (χ0n) is 16.4. The summed E-state index contributed by atoms with van der Waals surface area (Å²) in [5.74, 6) is 2.03. The predicted molar refractivity (Wildman–Crippen MR) is 109 cm³/mol. The molecular formula is C23H25FN4. The number of nitrogens with zero attached hydrogens (tertiary/aromatic N) is 4. The lowest BCUT2D eigenvalue weighted by atomic mass is 9.93. The minimum Gasteiger partial charge on any atom is -0.356 e. The highest BCUT2D eigenvalue weighted by Gasteiger charge is 2.23. The lowest BCUT2D eigenvalue weighted by Gasteiger charge is -2.33. The van der Waals surface area contributed by atoms with E-state index >= 15 is 0 Å². The molecule has 4 nitrogen and oxygen atoms in total. The summed E-state index contributed by atoms with van der Waals surface area (Å²) in [7, 11) is 0. The third-order valence-corrected chi connectivity index (χ3v) is 5.26. The van der Waals surface area contributed by atoms with Gasteiger partial charge >= 0.3 is 0 Å². The average molecular weight is 376 g/mol. The van der Waals surface area contributed by atoms with Crippen LogP contribution in [0.3, 0.4) is 0 Å². The number of pyridine rings is 1. The zero-order chi connectivity index (χ0) is 19.5. The van der Waals surface area contributed by atoms with Crippen molar-refractivity contribution < 1.29 is 4.39 Å². The van der Waals surface area contributed by atoms with Gasteiger partial charge in [0.05, 0.1) is 0 Å². The van der Waals surface area contributed by atoms with Crippen molar-refractivity contribution in [2.75, 3.05) is 18.0 Å². The molecule has 1 aliphatic heterocycles. The Hall–Kier alpha value is -2.82. The lowest BCUT2D eigenvalue weighted by molar-refractivity contribution is 0.498. The van der Waals surface area contributed by atoms with Crippen LogP contribution in [0, 0.1) is 19.7 Å². The Kier molecular flexibility index (Phi) is 5.33. The number of rotatable bonds is 4. The Morgan fingerprint density at radius 1 is 1.07 bits per heavy atom. The summed E-state index contributed by atoms with van der Waals surface area (Å²) in [6.07, 6.45) is 4.88. The van der Waals surface area contributed by atoms with Gasteiger partial charge in [-0.25, -0.2) is 14.4 Å². The number of aromatic nitrogens is 3. The van der Waals surface area contributed by atoms with Crippen LogP contribution in [-0.2, 0) is 6.42 Å². The van der Waals surface area contributed by atoms with Gasteiger partial charge < -0.3 is 4.90 Å². The zero-order valence-corrected chi connectivity index (χ0v) is 16.4. The third kappa shape index (κ3) is 4.35. The quantitative estimate of drug-likeness (QED) is 0.667. The van der Waals surface area contributed by atoms with Crippen molar-refractivity contribution in [2.45, 2.75) is 39.0 Å². The van der Waals surface area contributed by atoms with E-state index < -0.39 is 0 Å². The van der Waals surface area contributed by atoms with Crippen LogP contribution in [0.4, 0.5) is 10.2 Å². The van der Waals surface area contributed by atoms with Crippen LogP contribution in [0.2, 0.25) is 0 Å². The summed E-state index contributed by atoms with van der Waals surface area (Å²) < 4.78 is 13.4. The van der Waals surface area contributed by atoms with Crippen LogP contribution >= 0.6 is 0 Å². The second-order valence-electron chi connectivity index (χ2n) is 7.60. The highest BCUT2D eigenvalue weighted by Crippen LogP contribution is 2.28. The molecule has 4 rings (SSSR count). The van der Waals surface area contributed by atoms with Crippen molar-refractivity contribution >= 4 is 5.82 Å². The van der Waals surface area contributed by atoms with E-state index in [9.17, 15) is 4.39 Å². The monoisotopic (exact) mass is 376 g/mol. The fourth-order valence-electron chi connectivity index (χ4n) is 3.95. The maximum Gasteiger partial charge on any atom is 0.132 e. The first kappa shape index (κ1) is 18.5. The molecule has 0 spiro atoms. The smallest absolute Gasteiger partial charge is 0.132 e. The van der Waals surface area contributed by atoms with E-state index in [2.05, 4.69) is 33.1 Å². The highest BCUT2D eigenvalue weighted by molar-refractivity contribution is 5.41. The Morgan fingerprint density at radius 3 is 2.71 bits per heavy atom. The molecule has 3 aromatic rings. The summed E-state index contributed by atoms with van der Waals surface area (Å²) in [4.78, 5) is 16.1. The summed E-state index contributed by atoms with van der Waals surface area (Å²) in [5, 5.41) is 0. The van der Waals surface area contributed by atoms with Gasteiger partial charge in [0, 0.05) is 42.7 Å². The van der Waals surface area contributed by atoms with Gasteiger partial charge in [-0.3, -0.25) is 4.98 Å². The molecule has 3 heterocycles. The Labute approximate surface area is 165 Å². The molecule has 1 aliphatic rings. The maximum absolute atomic E-state index is 13.4. The Bertz CT molecular complexity index is 935. The van der Waals surface area contributed by atoms with E-state index in [0.717, 1.165) is 60.1 Å². The molecule has 28 heavy (non-hydrogen) atoms. The molecule has 2 aromatic heterocycles. The highest BCUT2D eigenvalue weighted by atomic mass is 19.1. The molecule has 1 aromatic carbocycles. The van der Waals surface area contributed by atoms with Gasteiger partial charge in [0.25, 0.3) is 0 Å². The van der Waals surface area contributed by atoms with Crippen LogP contribution in [0.1, 0.15) is 47.1 Å². The minimum absolute atomic E-state index is 0.195. The fraction of sp³-hybridized carbons (Fsp3) is 0.348. The molecule has 1 fully saturated rings. The normalized spacial score (nSPS) is 17.0. The van der Waals surface area contributed by atoms with E-state index in [1.807, 2.05) is 26.1 Å². The summed E-state index contributed by atoms with van der Waals surface area (Å²) in [6.45, 7) is 5.89. The van der Waals surface area contributed by atoms with E-state index in [1.54, 1.807) is 12.1 Å². The second kappa shape index (κ2) is 8.05. The van der Waals surface area contributed by atoms with Crippen molar-refractivity contribution in [3.63, 3.8) is 0 Å². The molecule has 0 N–H and O–H groups in total. The summed E-state index contributed by atoms with van der Waals surface area (Å²) in [6, 6.07) is 13.1. The first-order valence-electron chi connectivity index (χ1n) is 9.83. The van der Waals surface area contributed by atoms with Crippen molar-refractivity contribution in [1.82, 2.24) is 15.0 Å². The van der Waals surface area contributed by atoms with Crippen LogP contribution in [0.25, 0.3) is 0 Å². The van der Waals surface area contributed by atoms with Crippen LogP contribution < -0.4 is 4.90 Å². The van der Waals surface area contributed by atoms with E-state index in [4.69, 9.17) is 4.98 Å². The van der Waals surface area contributed by atoms with Crippen molar-refractivity contribution in [3.05, 3.63) is 82.8 Å². The van der Waals surface area contributed by atoms with Gasteiger partial charge in [0.15, 0.2) is 0 Å². The molecule has 0 amide bonds. The molecule has 0 aliphatic carbocycles. The number of aryl methyl sites for hydroxylation is 2. The van der Waals surface area contributed by atoms with Gasteiger partial charge in [-0.1, -0.05) is 18.2 Å². The molecule has 1 saturated heterocycles. The lowest BCUT2D eigenvalue weighted by Crippen LogP contribution is -2.35. The van der Waals surface area contributed by atoms with Gasteiger partial charge in [0.2, 0.25) is 0 Å². The number of hydrogen-bond donors (Lipinski definition) is 0. The molecule has 1 atom stereocenters. The topological polar surface area (TPSA) is 41.9 Å². The summed E-state index contributed by atoms with van der Waals surface area (Å²) >= 11 is 0. The SMILES string of the molecule is Cc1cc(N2CCC[C@H](c3ccc(Cc4cccc(F)c4)cn3)C2)nc(C)n1. The predicted octanol–water partition coefficient (Wildman–Crippen LogP) is 4.60. The average Bonchev–Trinajstić information content (AvgIpc) is 2.68. The molecule has 0 unspecified atom stereocenters. The second-order valence-corrected chi connectivity index (χ2v) is 7.60. The van der Waals surface area contributed by atoms with E-state index in [1.165, 1.54) is 6.07 Å². The van der Waals surface area contributed by atoms with Crippen LogP contribution in [0.15, 0.2) is 48.7 Å². The van der Waals surface area contributed by atoms with E-state index in [-0.39, 0.29) is 5.82 Å². The van der Waals surface area contributed by atoms with Gasteiger partial charge in [-0.2, -0.15) is 0 Å². The number of anilines is 1. The first-order valence-corrected chi connectivity index (χ1v) is 9.83. The number of halogens is 1. The Morgan fingerprint density at radius 2 is 1.96 bits per heavy atom. The van der Waals surface area contributed by atoms with Gasteiger partial charge in [-0.15, -0.1) is 0 Å². The first-order chi connectivity index (χ1) is 13.6. The van der Waals surface area contributed by atoms with Crippen LogP contribution in [0.5, 0.6) is 0 Å². The molecule has 0 bridgehead atoms. The largest absolute Gasteiger partial charge is 0.356 e. The maximum atomic E-state index is 13.4. The Balaban J connectivity index is 1.46. The molecule has 0 radical (unpaired) electrons.